The minimum absolute atomic E-state index is 0.193. The lowest BCUT2D eigenvalue weighted by molar-refractivity contribution is -0.111. The largest absolute Gasteiger partial charge is 0.307 e. The molecule has 0 bridgehead atoms. The van der Waals surface area contributed by atoms with Crippen LogP contribution in [0.4, 0.5) is 5.82 Å². The molecule has 1 aromatic heterocycles. The second-order valence-corrected chi connectivity index (χ2v) is 4.61. The maximum atomic E-state index is 11.9. The van der Waals surface area contributed by atoms with Gasteiger partial charge < -0.3 is 5.32 Å². The molecule has 3 rings (SSSR count). The monoisotopic (exact) mass is 274 g/mol. The summed E-state index contributed by atoms with van der Waals surface area (Å²) in [4.78, 5) is 15.9. The van der Waals surface area contributed by atoms with Gasteiger partial charge in [0.05, 0.1) is 0 Å². The van der Waals surface area contributed by atoms with E-state index >= 15 is 0 Å². The van der Waals surface area contributed by atoms with E-state index in [1.165, 1.54) is 6.08 Å². The Hall–Kier alpha value is -2.94. The molecule has 0 fully saturated rings. The second-order valence-electron chi connectivity index (χ2n) is 4.61. The van der Waals surface area contributed by atoms with Crippen molar-refractivity contribution in [3.8, 4) is 0 Å². The van der Waals surface area contributed by atoms with Crippen LogP contribution in [0.25, 0.3) is 16.8 Å². The Morgan fingerprint density at radius 2 is 1.76 bits per heavy atom. The summed E-state index contributed by atoms with van der Waals surface area (Å²) in [7, 11) is 0. The fourth-order valence-corrected chi connectivity index (χ4v) is 2.17. The van der Waals surface area contributed by atoms with E-state index in [4.69, 9.17) is 0 Å². The lowest BCUT2D eigenvalue weighted by Crippen LogP contribution is -2.08. The first kappa shape index (κ1) is 13.1. The van der Waals surface area contributed by atoms with Crippen LogP contribution in [0.15, 0.2) is 72.9 Å². The van der Waals surface area contributed by atoms with Gasteiger partial charge in [-0.1, -0.05) is 48.5 Å². The first-order valence-corrected chi connectivity index (χ1v) is 6.71. The van der Waals surface area contributed by atoms with Gasteiger partial charge in [-0.2, -0.15) is 0 Å². The number of pyridine rings is 1. The summed E-state index contributed by atoms with van der Waals surface area (Å²) in [6.45, 7) is 0. The Bertz CT molecular complexity index is 789. The number of carbonyl (C=O) groups is 1. The molecule has 0 aliphatic rings. The number of anilines is 1. The van der Waals surface area contributed by atoms with Crippen LogP contribution in [0.2, 0.25) is 0 Å². The van der Waals surface area contributed by atoms with Crippen LogP contribution in [0.1, 0.15) is 5.56 Å². The zero-order valence-electron chi connectivity index (χ0n) is 11.4. The molecule has 3 aromatic rings. The highest BCUT2D eigenvalue weighted by Gasteiger charge is 2.00. The molecule has 0 spiro atoms. The maximum Gasteiger partial charge on any atom is 0.249 e. The number of hydrogen-bond acceptors (Lipinski definition) is 2. The molecule has 1 heterocycles. The zero-order valence-corrected chi connectivity index (χ0v) is 11.4. The third-order valence-corrected chi connectivity index (χ3v) is 3.15. The van der Waals surface area contributed by atoms with Gasteiger partial charge in [0.15, 0.2) is 0 Å². The molecule has 0 atom stereocenters. The highest BCUT2D eigenvalue weighted by Crippen LogP contribution is 2.19. The number of hydrogen-bond donors (Lipinski definition) is 1. The van der Waals surface area contributed by atoms with Crippen molar-refractivity contribution >= 4 is 28.6 Å². The van der Waals surface area contributed by atoms with Gasteiger partial charge in [0.2, 0.25) is 5.91 Å². The smallest absolute Gasteiger partial charge is 0.249 e. The van der Waals surface area contributed by atoms with Gasteiger partial charge in [0, 0.05) is 12.3 Å². The molecule has 0 saturated heterocycles. The van der Waals surface area contributed by atoms with E-state index in [1.54, 1.807) is 12.3 Å². The summed E-state index contributed by atoms with van der Waals surface area (Å²) in [5, 5.41) is 5.01. The fourth-order valence-electron chi connectivity index (χ4n) is 2.17. The lowest BCUT2D eigenvalue weighted by atomic mass is 10.0. The Morgan fingerprint density at radius 1 is 0.952 bits per heavy atom. The third kappa shape index (κ3) is 3.15. The molecule has 2 aromatic carbocycles. The van der Waals surface area contributed by atoms with Crippen molar-refractivity contribution in [2.24, 2.45) is 0 Å². The summed E-state index contributed by atoms with van der Waals surface area (Å²) in [5.41, 5.74) is 1.02. The van der Waals surface area contributed by atoms with Crippen molar-refractivity contribution in [3.05, 3.63) is 78.5 Å². The van der Waals surface area contributed by atoms with Crippen LogP contribution in [-0.2, 0) is 4.79 Å². The average molecular weight is 274 g/mol. The molecule has 0 radical (unpaired) electrons. The normalized spacial score (nSPS) is 10.9. The number of carbonyl (C=O) groups excluding carboxylic acids is 1. The van der Waals surface area contributed by atoms with Crippen LogP contribution < -0.4 is 5.32 Å². The zero-order chi connectivity index (χ0) is 14.5. The summed E-state index contributed by atoms with van der Waals surface area (Å²) >= 11 is 0. The van der Waals surface area contributed by atoms with Crippen molar-refractivity contribution in [1.29, 1.82) is 0 Å². The number of aromatic nitrogens is 1. The molecular weight excluding hydrogens is 260 g/mol. The summed E-state index contributed by atoms with van der Waals surface area (Å²) in [6.07, 6.45) is 4.99. The summed E-state index contributed by atoms with van der Waals surface area (Å²) in [5.74, 6) is 0.353. The fraction of sp³-hybridized carbons (Fsp3) is 0. The van der Waals surface area contributed by atoms with Crippen molar-refractivity contribution < 1.29 is 4.79 Å². The Kier molecular flexibility index (Phi) is 3.74. The van der Waals surface area contributed by atoms with E-state index in [9.17, 15) is 4.79 Å². The highest BCUT2D eigenvalue weighted by molar-refractivity contribution is 6.03. The van der Waals surface area contributed by atoms with Crippen molar-refractivity contribution in [1.82, 2.24) is 4.98 Å². The topological polar surface area (TPSA) is 42.0 Å². The van der Waals surface area contributed by atoms with Gasteiger partial charge in [0.25, 0.3) is 0 Å². The van der Waals surface area contributed by atoms with Gasteiger partial charge in [0.1, 0.15) is 5.82 Å². The van der Waals surface area contributed by atoms with E-state index in [0.29, 0.717) is 5.82 Å². The van der Waals surface area contributed by atoms with E-state index in [0.717, 1.165) is 16.3 Å². The second kappa shape index (κ2) is 6.01. The van der Waals surface area contributed by atoms with Crippen LogP contribution in [0, 0.1) is 0 Å². The molecule has 1 N–H and O–H groups in total. The molecule has 3 nitrogen and oxygen atoms in total. The predicted octanol–water partition coefficient (Wildman–Crippen LogP) is 3.89. The van der Waals surface area contributed by atoms with E-state index in [-0.39, 0.29) is 5.91 Å². The van der Waals surface area contributed by atoms with Crippen LogP contribution in [0.3, 0.4) is 0 Å². The van der Waals surface area contributed by atoms with Crippen LogP contribution in [-0.4, -0.2) is 10.9 Å². The Morgan fingerprint density at radius 3 is 2.62 bits per heavy atom. The number of amides is 1. The van der Waals surface area contributed by atoms with Crippen LogP contribution in [0.5, 0.6) is 0 Å². The molecule has 0 saturated carbocycles. The summed E-state index contributed by atoms with van der Waals surface area (Å²) < 4.78 is 0. The van der Waals surface area contributed by atoms with Gasteiger partial charge in [-0.05, 0) is 34.5 Å². The third-order valence-electron chi connectivity index (χ3n) is 3.15. The van der Waals surface area contributed by atoms with Crippen molar-refractivity contribution in [3.63, 3.8) is 0 Å². The highest BCUT2D eigenvalue weighted by atomic mass is 16.1. The first-order valence-electron chi connectivity index (χ1n) is 6.71. The van der Waals surface area contributed by atoms with Gasteiger partial charge in [-0.3, -0.25) is 4.79 Å². The molecule has 0 aliphatic carbocycles. The quantitative estimate of drug-likeness (QED) is 0.736. The van der Waals surface area contributed by atoms with Crippen molar-refractivity contribution in [2.45, 2.75) is 0 Å². The van der Waals surface area contributed by atoms with E-state index < -0.39 is 0 Å². The minimum atomic E-state index is -0.193. The molecule has 3 heteroatoms. The van der Waals surface area contributed by atoms with E-state index in [1.807, 2.05) is 48.5 Å². The lowest BCUT2D eigenvalue weighted by Gasteiger charge is -2.02. The van der Waals surface area contributed by atoms with E-state index in [2.05, 4.69) is 22.4 Å². The van der Waals surface area contributed by atoms with Gasteiger partial charge in [-0.25, -0.2) is 4.98 Å². The van der Waals surface area contributed by atoms with Crippen molar-refractivity contribution in [2.75, 3.05) is 5.32 Å². The number of benzene rings is 2. The Labute approximate surface area is 123 Å². The first-order chi connectivity index (χ1) is 10.3. The average Bonchev–Trinajstić information content (AvgIpc) is 2.54. The SMILES string of the molecule is O=C(/C=C/c1cccc2ccccc12)Nc1ccccn1. The number of fused-ring (bicyclic) bond motifs is 1. The van der Waals surface area contributed by atoms with Gasteiger partial charge in [-0.15, -0.1) is 0 Å². The Balaban J connectivity index is 1.80. The number of nitrogens with zero attached hydrogens (tertiary/aromatic N) is 1. The standard InChI is InChI=1S/C18H14N2O/c21-18(20-17-10-3-4-13-19-17)12-11-15-8-5-7-14-6-1-2-9-16(14)15/h1-13H,(H,19,20,21)/b12-11+. The number of rotatable bonds is 3. The minimum Gasteiger partial charge on any atom is -0.307 e. The summed E-state index contributed by atoms with van der Waals surface area (Å²) in [6, 6.07) is 19.5. The molecule has 102 valence electrons. The van der Waals surface area contributed by atoms with Gasteiger partial charge >= 0.3 is 0 Å². The molecule has 0 unspecified atom stereocenters. The maximum absolute atomic E-state index is 11.9. The number of nitrogens with one attached hydrogen (secondary N) is 1. The van der Waals surface area contributed by atoms with Crippen LogP contribution >= 0.6 is 0 Å². The molecule has 1 amide bonds. The molecule has 0 aliphatic heterocycles. The molecular formula is C18H14N2O. The molecule has 21 heavy (non-hydrogen) atoms. The predicted molar refractivity (Wildman–Crippen MR) is 85.8 cm³/mol.